The van der Waals surface area contributed by atoms with Crippen molar-refractivity contribution in [1.29, 1.82) is 0 Å². The standard InChI is InChI=1S/C13H24N2O4/c1-13(2,3)19-12(17)15-8-5-6-10(15)11(16)14-7-9-18-4/h10H,5-9H2,1-4H3,(H,14,16)/t10-/m1/s1. The SMILES string of the molecule is COCCNC(=O)[C@H]1CCCN1C(=O)OC(C)(C)C. The molecule has 2 amide bonds. The highest BCUT2D eigenvalue weighted by Gasteiger charge is 2.36. The summed E-state index contributed by atoms with van der Waals surface area (Å²) in [4.78, 5) is 25.5. The molecule has 0 unspecified atom stereocenters. The number of nitrogens with zero attached hydrogens (tertiary/aromatic N) is 1. The number of hydrogen-bond acceptors (Lipinski definition) is 4. The van der Waals surface area contributed by atoms with Crippen molar-refractivity contribution < 1.29 is 19.1 Å². The van der Waals surface area contributed by atoms with Gasteiger partial charge in [0.2, 0.25) is 5.91 Å². The maximum absolute atomic E-state index is 12.0. The Kier molecular flexibility index (Phi) is 5.60. The van der Waals surface area contributed by atoms with Crippen LogP contribution in [0.3, 0.4) is 0 Å². The van der Waals surface area contributed by atoms with Crippen LogP contribution in [0.4, 0.5) is 4.79 Å². The molecule has 0 bridgehead atoms. The summed E-state index contributed by atoms with van der Waals surface area (Å²) in [5.74, 6) is -0.139. The molecule has 0 aromatic rings. The molecule has 1 aliphatic heterocycles. The first kappa shape index (κ1) is 15.8. The predicted octanol–water partition coefficient (Wildman–Crippen LogP) is 1.15. The van der Waals surface area contributed by atoms with Gasteiger partial charge in [0, 0.05) is 20.2 Å². The summed E-state index contributed by atoms with van der Waals surface area (Å²) in [6, 6.07) is -0.424. The van der Waals surface area contributed by atoms with Gasteiger partial charge in [-0.15, -0.1) is 0 Å². The fourth-order valence-electron chi connectivity index (χ4n) is 1.97. The van der Waals surface area contributed by atoms with Gasteiger partial charge in [-0.2, -0.15) is 0 Å². The summed E-state index contributed by atoms with van der Waals surface area (Å²) in [6.45, 7) is 6.92. The number of likely N-dealkylation sites (tertiary alicyclic amines) is 1. The molecule has 0 aliphatic carbocycles. The summed E-state index contributed by atoms with van der Waals surface area (Å²) in [5.41, 5.74) is -0.545. The van der Waals surface area contributed by atoms with Gasteiger partial charge in [0.1, 0.15) is 11.6 Å². The van der Waals surface area contributed by atoms with E-state index >= 15 is 0 Å². The third-order valence-corrected chi connectivity index (χ3v) is 2.79. The van der Waals surface area contributed by atoms with E-state index in [1.165, 1.54) is 4.90 Å². The molecule has 1 atom stereocenters. The van der Waals surface area contributed by atoms with E-state index in [1.807, 2.05) is 20.8 Å². The van der Waals surface area contributed by atoms with E-state index in [0.717, 1.165) is 6.42 Å². The molecule has 0 aromatic carbocycles. The highest BCUT2D eigenvalue weighted by atomic mass is 16.6. The second-order valence-electron chi connectivity index (χ2n) is 5.62. The van der Waals surface area contributed by atoms with E-state index < -0.39 is 17.7 Å². The lowest BCUT2D eigenvalue weighted by molar-refractivity contribution is -0.125. The monoisotopic (exact) mass is 272 g/mol. The average molecular weight is 272 g/mol. The molecule has 1 aliphatic rings. The smallest absolute Gasteiger partial charge is 0.410 e. The highest BCUT2D eigenvalue weighted by molar-refractivity contribution is 5.86. The fourth-order valence-corrected chi connectivity index (χ4v) is 1.97. The minimum atomic E-state index is -0.545. The van der Waals surface area contributed by atoms with Crippen LogP contribution in [0.5, 0.6) is 0 Å². The van der Waals surface area contributed by atoms with Crippen molar-refractivity contribution in [3.63, 3.8) is 0 Å². The van der Waals surface area contributed by atoms with Gasteiger partial charge in [0.25, 0.3) is 0 Å². The largest absolute Gasteiger partial charge is 0.444 e. The van der Waals surface area contributed by atoms with Crippen molar-refractivity contribution in [2.24, 2.45) is 0 Å². The Morgan fingerprint density at radius 2 is 2.05 bits per heavy atom. The van der Waals surface area contributed by atoms with Crippen molar-refractivity contribution >= 4 is 12.0 Å². The van der Waals surface area contributed by atoms with Crippen LogP contribution in [0, 0.1) is 0 Å². The van der Waals surface area contributed by atoms with Gasteiger partial charge in [0.05, 0.1) is 6.61 Å². The van der Waals surface area contributed by atoms with Crippen molar-refractivity contribution in [2.45, 2.75) is 45.3 Å². The van der Waals surface area contributed by atoms with Gasteiger partial charge < -0.3 is 14.8 Å². The molecule has 0 radical (unpaired) electrons. The van der Waals surface area contributed by atoms with Gasteiger partial charge in [-0.25, -0.2) is 4.79 Å². The van der Waals surface area contributed by atoms with Gasteiger partial charge >= 0.3 is 6.09 Å². The minimum Gasteiger partial charge on any atom is -0.444 e. The van der Waals surface area contributed by atoms with E-state index in [9.17, 15) is 9.59 Å². The lowest BCUT2D eigenvalue weighted by Crippen LogP contribution is -2.48. The Balaban J connectivity index is 2.53. The topological polar surface area (TPSA) is 67.9 Å². The number of hydrogen-bond donors (Lipinski definition) is 1. The van der Waals surface area contributed by atoms with Crippen molar-refractivity contribution in [2.75, 3.05) is 26.8 Å². The molecule has 0 spiro atoms. The average Bonchev–Trinajstić information content (AvgIpc) is 2.75. The minimum absolute atomic E-state index is 0.139. The zero-order chi connectivity index (χ0) is 14.5. The number of carbonyl (C=O) groups excluding carboxylic acids is 2. The second kappa shape index (κ2) is 6.75. The van der Waals surface area contributed by atoms with E-state index in [1.54, 1.807) is 7.11 Å². The Bertz CT molecular complexity index is 325. The molecule has 19 heavy (non-hydrogen) atoms. The van der Waals surface area contributed by atoms with Crippen molar-refractivity contribution in [3.8, 4) is 0 Å². The number of nitrogens with one attached hydrogen (secondary N) is 1. The lowest BCUT2D eigenvalue weighted by Gasteiger charge is -2.28. The number of carbonyl (C=O) groups is 2. The first-order chi connectivity index (χ1) is 8.85. The zero-order valence-corrected chi connectivity index (χ0v) is 12.2. The number of amides is 2. The predicted molar refractivity (Wildman–Crippen MR) is 70.8 cm³/mol. The van der Waals surface area contributed by atoms with Crippen LogP contribution in [0.2, 0.25) is 0 Å². The van der Waals surface area contributed by atoms with Crippen LogP contribution >= 0.6 is 0 Å². The summed E-state index contributed by atoms with van der Waals surface area (Å²) >= 11 is 0. The quantitative estimate of drug-likeness (QED) is 0.780. The Labute approximate surface area is 114 Å². The highest BCUT2D eigenvalue weighted by Crippen LogP contribution is 2.20. The van der Waals surface area contributed by atoms with E-state index in [2.05, 4.69) is 5.32 Å². The van der Waals surface area contributed by atoms with Crippen molar-refractivity contribution in [1.82, 2.24) is 10.2 Å². The molecule has 1 rings (SSSR count). The first-order valence-corrected chi connectivity index (χ1v) is 6.61. The molecule has 1 N–H and O–H groups in total. The summed E-state index contributed by atoms with van der Waals surface area (Å²) < 4.78 is 10.2. The number of methoxy groups -OCH3 is 1. The number of ether oxygens (including phenoxy) is 2. The maximum atomic E-state index is 12.0. The Morgan fingerprint density at radius 3 is 2.63 bits per heavy atom. The number of rotatable bonds is 4. The maximum Gasteiger partial charge on any atom is 0.410 e. The van der Waals surface area contributed by atoms with Gasteiger partial charge in [-0.3, -0.25) is 9.69 Å². The molecular weight excluding hydrogens is 248 g/mol. The fraction of sp³-hybridized carbons (Fsp3) is 0.846. The van der Waals surface area contributed by atoms with Crippen molar-refractivity contribution in [3.05, 3.63) is 0 Å². The molecule has 0 saturated carbocycles. The molecule has 0 aromatic heterocycles. The first-order valence-electron chi connectivity index (χ1n) is 6.61. The zero-order valence-electron chi connectivity index (χ0n) is 12.2. The molecule has 1 fully saturated rings. The second-order valence-corrected chi connectivity index (χ2v) is 5.62. The van der Waals surface area contributed by atoms with Crippen LogP contribution in [0.25, 0.3) is 0 Å². The third-order valence-electron chi connectivity index (χ3n) is 2.79. The molecular formula is C13H24N2O4. The van der Waals surface area contributed by atoms with Crippen LogP contribution in [-0.4, -0.2) is 55.3 Å². The van der Waals surface area contributed by atoms with Crippen LogP contribution in [0.1, 0.15) is 33.6 Å². The molecule has 1 heterocycles. The summed E-state index contributed by atoms with van der Waals surface area (Å²) in [6.07, 6.45) is 1.08. The van der Waals surface area contributed by atoms with Crippen LogP contribution < -0.4 is 5.32 Å². The van der Waals surface area contributed by atoms with E-state index in [-0.39, 0.29) is 5.91 Å². The lowest BCUT2D eigenvalue weighted by atomic mass is 10.2. The summed E-state index contributed by atoms with van der Waals surface area (Å²) in [5, 5.41) is 2.76. The molecule has 6 heteroatoms. The van der Waals surface area contributed by atoms with E-state index in [4.69, 9.17) is 9.47 Å². The van der Waals surface area contributed by atoms with Crippen LogP contribution in [0.15, 0.2) is 0 Å². The molecule has 6 nitrogen and oxygen atoms in total. The normalized spacial score (nSPS) is 19.4. The van der Waals surface area contributed by atoms with Crippen LogP contribution in [-0.2, 0) is 14.3 Å². The molecule has 1 saturated heterocycles. The third kappa shape index (κ3) is 5.06. The van der Waals surface area contributed by atoms with E-state index in [0.29, 0.717) is 26.1 Å². The molecule has 110 valence electrons. The van der Waals surface area contributed by atoms with Gasteiger partial charge in [-0.05, 0) is 33.6 Å². The summed E-state index contributed by atoms with van der Waals surface area (Å²) in [7, 11) is 1.58. The Hall–Kier alpha value is -1.30. The Morgan fingerprint density at radius 1 is 1.37 bits per heavy atom. The van der Waals surface area contributed by atoms with Gasteiger partial charge in [0.15, 0.2) is 0 Å². The van der Waals surface area contributed by atoms with Gasteiger partial charge in [-0.1, -0.05) is 0 Å².